The van der Waals surface area contributed by atoms with Crippen molar-refractivity contribution < 1.29 is 4.42 Å². The lowest BCUT2D eigenvalue weighted by Crippen LogP contribution is -2.11. The monoisotopic (exact) mass is 512 g/mol. The Morgan fingerprint density at radius 2 is 1.20 bits per heavy atom. The van der Waals surface area contributed by atoms with Crippen LogP contribution in [0.3, 0.4) is 0 Å². The van der Waals surface area contributed by atoms with Crippen molar-refractivity contribution in [3.8, 4) is 11.1 Å². The second-order valence-corrected chi connectivity index (χ2v) is 10.0. The molecular formula is C37H24N2O. The van der Waals surface area contributed by atoms with Crippen LogP contribution in [0.2, 0.25) is 0 Å². The van der Waals surface area contributed by atoms with Crippen LogP contribution >= 0.6 is 0 Å². The number of pyridine rings is 1. The Kier molecular flexibility index (Phi) is 5.14. The lowest BCUT2D eigenvalue weighted by Gasteiger charge is -2.27. The number of hydrogen-bond donors (Lipinski definition) is 0. The maximum Gasteiger partial charge on any atom is 0.159 e. The van der Waals surface area contributed by atoms with Crippen molar-refractivity contribution in [2.24, 2.45) is 0 Å². The van der Waals surface area contributed by atoms with E-state index in [0.717, 1.165) is 60.7 Å². The summed E-state index contributed by atoms with van der Waals surface area (Å²) in [5, 5.41) is 5.59. The van der Waals surface area contributed by atoms with E-state index in [9.17, 15) is 0 Å². The Hall–Kier alpha value is -5.41. The van der Waals surface area contributed by atoms with Crippen LogP contribution in [0.1, 0.15) is 0 Å². The number of hydrogen-bond acceptors (Lipinski definition) is 3. The first-order chi connectivity index (χ1) is 19.8. The van der Waals surface area contributed by atoms with Crippen molar-refractivity contribution >= 4 is 60.7 Å². The summed E-state index contributed by atoms with van der Waals surface area (Å²) in [5.74, 6) is 0. The highest BCUT2D eigenvalue weighted by Crippen LogP contribution is 2.45. The van der Waals surface area contributed by atoms with Crippen molar-refractivity contribution in [1.29, 1.82) is 0 Å². The molecule has 0 unspecified atom stereocenters. The normalized spacial score (nSPS) is 11.5. The predicted octanol–water partition coefficient (Wildman–Crippen LogP) is 10.4. The molecular weight excluding hydrogens is 488 g/mol. The molecule has 0 spiro atoms. The van der Waals surface area contributed by atoms with Crippen molar-refractivity contribution in [3.05, 3.63) is 146 Å². The van der Waals surface area contributed by atoms with Crippen molar-refractivity contribution in [2.75, 3.05) is 4.90 Å². The Balaban J connectivity index is 1.43. The van der Waals surface area contributed by atoms with Gasteiger partial charge in [0.15, 0.2) is 5.58 Å². The Bertz CT molecular complexity index is 2160. The molecule has 0 atom stereocenters. The van der Waals surface area contributed by atoms with Crippen LogP contribution < -0.4 is 4.90 Å². The Labute approximate surface area is 231 Å². The van der Waals surface area contributed by atoms with E-state index in [0.29, 0.717) is 0 Å². The number of fused-ring (bicyclic) bond motifs is 6. The molecule has 0 N–H and O–H groups in total. The van der Waals surface area contributed by atoms with E-state index in [1.54, 1.807) is 0 Å². The van der Waals surface area contributed by atoms with Gasteiger partial charge < -0.3 is 9.32 Å². The molecule has 0 aliphatic carbocycles. The first-order valence-electron chi connectivity index (χ1n) is 13.5. The summed E-state index contributed by atoms with van der Waals surface area (Å²) in [6, 6.07) is 48.8. The van der Waals surface area contributed by atoms with E-state index in [-0.39, 0.29) is 0 Å². The van der Waals surface area contributed by atoms with Gasteiger partial charge >= 0.3 is 0 Å². The molecule has 0 bridgehead atoms. The van der Waals surface area contributed by atoms with E-state index in [4.69, 9.17) is 9.40 Å². The number of para-hydroxylation sites is 2. The van der Waals surface area contributed by atoms with Gasteiger partial charge in [-0.3, -0.25) is 4.98 Å². The molecule has 2 aromatic heterocycles. The maximum atomic E-state index is 6.54. The average Bonchev–Trinajstić information content (AvgIpc) is 3.41. The third kappa shape index (κ3) is 3.56. The Morgan fingerprint density at radius 3 is 2.10 bits per heavy atom. The Morgan fingerprint density at radius 1 is 0.500 bits per heavy atom. The minimum Gasteiger partial charge on any atom is -0.454 e. The van der Waals surface area contributed by atoms with Crippen LogP contribution in [-0.2, 0) is 0 Å². The van der Waals surface area contributed by atoms with E-state index in [1.807, 2.05) is 30.5 Å². The third-order valence-electron chi connectivity index (χ3n) is 7.69. The van der Waals surface area contributed by atoms with Gasteiger partial charge in [-0.05, 0) is 52.9 Å². The van der Waals surface area contributed by atoms with Crippen LogP contribution in [-0.4, -0.2) is 4.98 Å². The maximum absolute atomic E-state index is 6.54. The van der Waals surface area contributed by atoms with Gasteiger partial charge in [-0.25, -0.2) is 0 Å². The highest BCUT2D eigenvalue weighted by Gasteiger charge is 2.22. The lowest BCUT2D eigenvalue weighted by molar-refractivity contribution is 0.669. The zero-order valence-corrected chi connectivity index (χ0v) is 21.7. The zero-order valence-electron chi connectivity index (χ0n) is 21.7. The third-order valence-corrected chi connectivity index (χ3v) is 7.69. The summed E-state index contributed by atoms with van der Waals surface area (Å²) in [6.07, 6.45) is 1.87. The van der Waals surface area contributed by atoms with Crippen LogP contribution in [0.4, 0.5) is 17.1 Å². The lowest BCUT2D eigenvalue weighted by atomic mass is 10.0. The van der Waals surface area contributed by atoms with Crippen molar-refractivity contribution in [3.63, 3.8) is 0 Å². The average molecular weight is 513 g/mol. The van der Waals surface area contributed by atoms with E-state index < -0.39 is 0 Å². The summed E-state index contributed by atoms with van der Waals surface area (Å²) in [5.41, 5.74) is 8.20. The summed E-state index contributed by atoms with van der Waals surface area (Å²) >= 11 is 0. The smallest absolute Gasteiger partial charge is 0.159 e. The minimum absolute atomic E-state index is 0.862. The fraction of sp³-hybridized carbons (Fsp3) is 0. The highest BCUT2D eigenvalue weighted by atomic mass is 16.3. The summed E-state index contributed by atoms with van der Waals surface area (Å²) < 4.78 is 6.54. The second-order valence-electron chi connectivity index (χ2n) is 10.0. The highest BCUT2D eigenvalue weighted by molar-refractivity contribution is 6.16. The van der Waals surface area contributed by atoms with Gasteiger partial charge in [0.05, 0.1) is 16.9 Å². The van der Waals surface area contributed by atoms with Crippen LogP contribution in [0.5, 0.6) is 0 Å². The largest absolute Gasteiger partial charge is 0.454 e. The molecule has 0 aliphatic heterocycles. The molecule has 0 radical (unpaired) electrons. The zero-order chi connectivity index (χ0) is 26.5. The van der Waals surface area contributed by atoms with Crippen LogP contribution in [0.15, 0.2) is 150 Å². The minimum atomic E-state index is 0.862. The number of furan rings is 1. The fourth-order valence-corrected chi connectivity index (χ4v) is 5.83. The quantitative estimate of drug-likeness (QED) is 0.220. The number of anilines is 3. The molecule has 0 amide bonds. The molecule has 0 saturated carbocycles. The van der Waals surface area contributed by atoms with Crippen LogP contribution in [0.25, 0.3) is 54.7 Å². The number of aromatic nitrogens is 1. The molecule has 0 aliphatic rings. The molecule has 8 aromatic rings. The molecule has 6 aromatic carbocycles. The molecule has 8 rings (SSSR count). The van der Waals surface area contributed by atoms with Gasteiger partial charge in [-0.2, -0.15) is 0 Å². The van der Waals surface area contributed by atoms with Gasteiger partial charge in [0.1, 0.15) is 5.58 Å². The predicted molar refractivity (Wildman–Crippen MR) is 167 cm³/mol. The van der Waals surface area contributed by atoms with Gasteiger partial charge in [-0.15, -0.1) is 0 Å². The molecule has 0 fully saturated rings. The van der Waals surface area contributed by atoms with Gasteiger partial charge in [0, 0.05) is 33.4 Å². The number of nitrogens with zero attached hydrogens (tertiary/aromatic N) is 2. The standard InChI is InChI=1S/C37H24N2O/c1-2-9-25(10-3-1)26-20-22-29(23-21-26)39(33-16-7-14-31-30-13-4-5-17-34(30)40-37(31)33)32-15-6-11-27-18-19-28-12-8-24-38-36(28)35(27)32/h1-24H. The molecule has 2 heterocycles. The second kappa shape index (κ2) is 9.11. The van der Waals surface area contributed by atoms with Crippen molar-refractivity contribution in [1.82, 2.24) is 4.98 Å². The van der Waals surface area contributed by atoms with Crippen LogP contribution in [0, 0.1) is 0 Å². The van der Waals surface area contributed by atoms with E-state index in [1.165, 1.54) is 11.1 Å². The number of rotatable bonds is 4. The molecule has 0 saturated heterocycles. The topological polar surface area (TPSA) is 29.3 Å². The van der Waals surface area contributed by atoms with Gasteiger partial charge in [-0.1, -0.05) is 103 Å². The summed E-state index contributed by atoms with van der Waals surface area (Å²) in [7, 11) is 0. The first kappa shape index (κ1) is 22.6. The van der Waals surface area contributed by atoms with Gasteiger partial charge in [0.25, 0.3) is 0 Å². The van der Waals surface area contributed by atoms with E-state index in [2.05, 4.69) is 120 Å². The molecule has 188 valence electrons. The molecule has 40 heavy (non-hydrogen) atoms. The summed E-state index contributed by atoms with van der Waals surface area (Å²) in [6.45, 7) is 0. The SMILES string of the molecule is c1ccc(-c2ccc(N(c3cccc4c3oc3ccccc34)c3cccc4ccc5cccnc5c34)cc2)cc1. The molecule has 3 nitrogen and oxygen atoms in total. The number of benzene rings is 6. The molecule has 3 heteroatoms. The first-order valence-corrected chi connectivity index (χ1v) is 13.5. The summed E-state index contributed by atoms with van der Waals surface area (Å²) in [4.78, 5) is 7.16. The van der Waals surface area contributed by atoms with E-state index >= 15 is 0 Å². The van der Waals surface area contributed by atoms with Gasteiger partial charge in [0.2, 0.25) is 0 Å². The fourth-order valence-electron chi connectivity index (χ4n) is 5.83. The van der Waals surface area contributed by atoms with Crippen molar-refractivity contribution in [2.45, 2.75) is 0 Å².